The van der Waals surface area contributed by atoms with E-state index in [0.29, 0.717) is 0 Å². The number of aliphatic hydroxyl groups is 1. The number of hydrogen-bond donors (Lipinski definition) is 6. The number of aromatic nitrogens is 2. The number of nitrogens with one attached hydrogen (secondary N) is 1. The van der Waals surface area contributed by atoms with E-state index in [0.717, 1.165) is 10.8 Å². The molecule has 0 bridgehead atoms. The fourth-order valence-corrected chi connectivity index (χ4v) is 5.67. The molecular formula is C11H19N2O15P3. The van der Waals surface area contributed by atoms with Gasteiger partial charge in [-0.3, -0.25) is 14.3 Å². The Morgan fingerprint density at radius 3 is 2.29 bits per heavy atom. The van der Waals surface area contributed by atoms with Gasteiger partial charge in [0.2, 0.25) is 0 Å². The molecule has 178 valence electrons. The number of methoxy groups -OCH3 is 1. The predicted molar refractivity (Wildman–Crippen MR) is 96.5 cm³/mol. The first-order chi connectivity index (χ1) is 14.1. The number of phosphoric acid groups is 3. The summed E-state index contributed by atoms with van der Waals surface area (Å²) >= 11 is 0. The van der Waals surface area contributed by atoms with E-state index in [1.165, 1.54) is 14.2 Å². The van der Waals surface area contributed by atoms with Gasteiger partial charge in [-0.15, -0.1) is 0 Å². The molecule has 6 atom stereocenters. The molecule has 0 amide bonds. The van der Waals surface area contributed by atoms with Crippen LogP contribution in [0.5, 0.6) is 0 Å². The molecule has 20 heteroatoms. The van der Waals surface area contributed by atoms with Gasteiger partial charge in [-0.25, -0.2) is 18.5 Å². The highest BCUT2D eigenvalue weighted by Gasteiger charge is 2.48. The van der Waals surface area contributed by atoms with Crippen LogP contribution in [0, 0.1) is 0 Å². The molecule has 31 heavy (non-hydrogen) atoms. The highest BCUT2D eigenvalue weighted by Crippen LogP contribution is 2.66. The van der Waals surface area contributed by atoms with E-state index < -0.39 is 65.7 Å². The highest BCUT2D eigenvalue weighted by molar-refractivity contribution is 7.66. The first kappa shape index (κ1) is 26.2. The third-order valence-corrected chi connectivity index (χ3v) is 7.67. The van der Waals surface area contributed by atoms with Crippen LogP contribution in [0.15, 0.2) is 15.8 Å². The van der Waals surface area contributed by atoms with Crippen molar-refractivity contribution in [2.75, 3.05) is 13.7 Å². The number of aromatic amines is 1. The normalized spacial score (nSPS) is 28.2. The largest absolute Gasteiger partial charge is 0.490 e. The van der Waals surface area contributed by atoms with Gasteiger partial charge < -0.3 is 38.7 Å². The molecule has 0 aromatic carbocycles. The summed E-state index contributed by atoms with van der Waals surface area (Å²) in [7, 11) is -14.2. The lowest BCUT2D eigenvalue weighted by Gasteiger charge is -2.19. The second-order valence-electron chi connectivity index (χ2n) is 6.13. The van der Waals surface area contributed by atoms with Crippen LogP contribution in [0.25, 0.3) is 0 Å². The number of aryl methyl sites for hydroxylation is 1. The first-order valence-electron chi connectivity index (χ1n) is 8.00. The molecule has 1 fully saturated rings. The molecule has 2 heterocycles. The summed E-state index contributed by atoms with van der Waals surface area (Å²) in [5.41, 5.74) is -1.67. The smallest absolute Gasteiger partial charge is 0.387 e. The van der Waals surface area contributed by atoms with Crippen molar-refractivity contribution >= 4 is 23.5 Å². The van der Waals surface area contributed by atoms with Gasteiger partial charge in [0.05, 0.1) is 12.2 Å². The minimum atomic E-state index is -5.71. The zero-order chi connectivity index (χ0) is 23.8. The van der Waals surface area contributed by atoms with Crippen molar-refractivity contribution in [1.29, 1.82) is 0 Å². The second-order valence-corrected chi connectivity index (χ2v) is 10.5. The number of H-pyrrole nitrogens is 1. The van der Waals surface area contributed by atoms with Gasteiger partial charge in [0.25, 0.3) is 5.56 Å². The van der Waals surface area contributed by atoms with E-state index in [2.05, 4.69) is 13.1 Å². The Kier molecular flexibility index (Phi) is 7.99. The number of aliphatic hydroxyl groups excluding tert-OH is 1. The van der Waals surface area contributed by atoms with E-state index in [-0.39, 0.29) is 5.56 Å². The summed E-state index contributed by atoms with van der Waals surface area (Å²) in [6, 6.07) is 0. The van der Waals surface area contributed by atoms with Crippen LogP contribution in [-0.4, -0.2) is 66.3 Å². The maximum absolute atomic E-state index is 12.1. The van der Waals surface area contributed by atoms with Crippen molar-refractivity contribution in [1.82, 2.24) is 9.55 Å². The molecule has 0 spiro atoms. The van der Waals surface area contributed by atoms with Gasteiger partial charge in [-0.2, -0.15) is 8.62 Å². The molecule has 0 aliphatic carbocycles. The van der Waals surface area contributed by atoms with Crippen LogP contribution in [0.3, 0.4) is 0 Å². The molecule has 1 saturated heterocycles. The molecule has 0 radical (unpaired) electrons. The fourth-order valence-electron chi connectivity index (χ4n) is 2.65. The summed E-state index contributed by atoms with van der Waals surface area (Å²) in [5, 5.41) is 10.3. The lowest BCUT2D eigenvalue weighted by molar-refractivity contribution is -0.0236. The van der Waals surface area contributed by atoms with Crippen molar-refractivity contribution in [3.63, 3.8) is 0 Å². The highest BCUT2D eigenvalue weighted by atomic mass is 31.3. The van der Waals surface area contributed by atoms with Crippen LogP contribution in [-0.2, 0) is 43.4 Å². The topological polar surface area (TPSA) is 253 Å². The van der Waals surface area contributed by atoms with Crippen LogP contribution in [0.2, 0.25) is 0 Å². The van der Waals surface area contributed by atoms with E-state index in [9.17, 15) is 33.3 Å². The molecule has 1 aromatic heterocycles. The summed E-state index contributed by atoms with van der Waals surface area (Å²) in [4.78, 5) is 61.2. The Morgan fingerprint density at radius 2 is 1.74 bits per heavy atom. The Balaban J connectivity index is 2.14. The van der Waals surface area contributed by atoms with E-state index in [1.807, 2.05) is 4.98 Å². The van der Waals surface area contributed by atoms with Crippen molar-refractivity contribution < 1.29 is 61.0 Å². The minimum Gasteiger partial charge on any atom is -0.387 e. The monoisotopic (exact) mass is 512 g/mol. The van der Waals surface area contributed by atoms with Crippen molar-refractivity contribution in [3.8, 4) is 0 Å². The molecule has 1 aliphatic heterocycles. The molecule has 1 aromatic rings. The standard InChI is InChI=1S/C11H19N2O15P3/c1-13-3-5(10(15)12-11(13)16)8-9(24-2)7(14)6(26-8)4-25-30(20,21)28-31(22,23)27-29(17,18)19/h3,6-9,14H,4H2,1-2H3,(H,20,21)(H,22,23)(H,12,15,16)(H2,17,18,19). The number of nitrogens with zero attached hydrogens (tertiary/aromatic N) is 1. The molecule has 6 N–H and O–H groups in total. The average Bonchev–Trinajstić information content (AvgIpc) is 2.88. The third kappa shape index (κ3) is 6.97. The summed E-state index contributed by atoms with van der Waals surface area (Å²) in [6.45, 7) is -0.953. The Morgan fingerprint density at radius 1 is 1.13 bits per heavy atom. The molecule has 6 unspecified atom stereocenters. The molecule has 0 saturated carbocycles. The molecular weight excluding hydrogens is 493 g/mol. The maximum Gasteiger partial charge on any atom is 0.490 e. The zero-order valence-electron chi connectivity index (χ0n) is 15.7. The number of ether oxygens (including phenoxy) is 2. The van der Waals surface area contributed by atoms with Gasteiger partial charge in [0.1, 0.15) is 24.4 Å². The van der Waals surface area contributed by atoms with Crippen molar-refractivity contribution in [2.45, 2.75) is 24.4 Å². The zero-order valence-corrected chi connectivity index (χ0v) is 18.4. The summed E-state index contributed by atoms with van der Waals surface area (Å²) in [5.74, 6) is 0. The van der Waals surface area contributed by atoms with Gasteiger partial charge in [0.15, 0.2) is 0 Å². The van der Waals surface area contributed by atoms with E-state index >= 15 is 0 Å². The van der Waals surface area contributed by atoms with Gasteiger partial charge in [-0.1, -0.05) is 0 Å². The second kappa shape index (κ2) is 9.45. The van der Waals surface area contributed by atoms with Crippen LogP contribution in [0.1, 0.15) is 11.7 Å². The average molecular weight is 512 g/mol. The molecule has 1 aliphatic rings. The lowest BCUT2D eigenvalue weighted by atomic mass is 10.0. The minimum absolute atomic E-state index is 0.117. The fraction of sp³-hybridized carbons (Fsp3) is 0.636. The summed E-state index contributed by atoms with van der Waals surface area (Å²) in [6.07, 6.45) is -4.27. The quantitative estimate of drug-likeness (QED) is 0.200. The van der Waals surface area contributed by atoms with Gasteiger partial charge in [-0.05, 0) is 0 Å². The SMILES string of the molecule is COC1C(c2cn(C)c(=O)[nH]c2=O)OC(COP(=O)(O)OP(=O)(O)OP(=O)(O)O)C1O. The lowest BCUT2D eigenvalue weighted by Crippen LogP contribution is -2.36. The Bertz CT molecular complexity index is 1060. The maximum atomic E-state index is 12.1. The van der Waals surface area contributed by atoms with E-state index in [4.69, 9.17) is 24.2 Å². The van der Waals surface area contributed by atoms with Crippen molar-refractivity contribution in [3.05, 3.63) is 32.6 Å². The van der Waals surface area contributed by atoms with Crippen LogP contribution < -0.4 is 11.2 Å². The van der Waals surface area contributed by atoms with Gasteiger partial charge in [0, 0.05) is 20.4 Å². The number of hydrogen-bond acceptors (Lipinski definition) is 11. The Labute approximate surface area is 172 Å². The predicted octanol–water partition coefficient (Wildman–Crippen LogP) is -1.77. The van der Waals surface area contributed by atoms with Crippen molar-refractivity contribution in [2.24, 2.45) is 7.05 Å². The summed E-state index contributed by atoms with van der Waals surface area (Å²) < 4.78 is 56.8. The Hall–Kier alpha value is -1.03. The number of rotatable bonds is 9. The van der Waals surface area contributed by atoms with Crippen LogP contribution >= 0.6 is 23.5 Å². The van der Waals surface area contributed by atoms with Gasteiger partial charge >= 0.3 is 29.2 Å². The van der Waals surface area contributed by atoms with Crippen LogP contribution in [0.4, 0.5) is 0 Å². The first-order valence-corrected chi connectivity index (χ1v) is 12.5. The van der Waals surface area contributed by atoms with E-state index in [1.54, 1.807) is 0 Å². The molecule has 2 rings (SSSR count). The molecule has 17 nitrogen and oxygen atoms in total. The third-order valence-electron chi connectivity index (χ3n) is 3.87. The number of phosphoric ester groups is 1.